The Morgan fingerprint density at radius 2 is 1.94 bits per heavy atom. The molecule has 2 rings (SSSR count). The quantitative estimate of drug-likeness (QED) is 0.828. The molecular weight excluding hydrogens is 258 g/mol. The third-order valence-corrected chi connectivity index (χ3v) is 3.84. The fraction of sp³-hybridized carbons (Fsp3) is 0.364. The molecular formula is C11H11NO5S. The fourth-order valence-electron chi connectivity index (χ4n) is 1.83. The molecule has 0 saturated carbocycles. The number of amides is 1. The van der Waals surface area contributed by atoms with E-state index >= 15 is 0 Å². The van der Waals surface area contributed by atoms with Crippen LogP contribution in [0.5, 0.6) is 0 Å². The van der Waals surface area contributed by atoms with Crippen LogP contribution in [0.3, 0.4) is 0 Å². The molecule has 0 radical (unpaired) electrons. The monoisotopic (exact) mass is 269 g/mol. The van der Waals surface area contributed by atoms with E-state index in [0.29, 0.717) is 28.3 Å². The molecule has 0 atom stereocenters. The first-order chi connectivity index (χ1) is 8.58. The molecule has 18 heavy (non-hydrogen) atoms. The van der Waals surface area contributed by atoms with Crippen LogP contribution in [-0.2, 0) is 15.9 Å². The number of carbonyl (C=O) groups excluding carboxylic acids is 3. The third kappa shape index (κ3) is 1.97. The van der Waals surface area contributed by atoms with Crippen molar-refractivity contribution in [3.8, 4) is 0 Å². The summed E-state index contributed by atoms with van der Waals surface area (Å²) >= 11 is 1.08. The van der Waals surface area contributed by atoms with Crippen molar-refractivity contribution in [2.45, 2.75) is 12.8 Å². The van der Waals surface area contributed by atoms with E-state index in [9.17, 15) is 14.4 Å². The van der Waals surface area contributed by atoms with Gasteiger partial charge in [-0.05, 0) is 12.0 Å². The average molecular weight is 269 g/mol. The number of rotatable bonds is 2. The van der Waals surface area contributed by atoms with Crippen LogP contribution in [-0.4, -0.2) is 32.1 Å². The molecule has 0 unspecified atom stereocenters. The van der Waals surface area contributed by atoms with Gasteiger partial charge in [0.25, 0.3) is 0 Å². The number of nitrogens with one attached hydrogen (secondary N) is 1. The Morgan fingerprint density at radius 3 is 2.56 bits per heavy atom. The van der Waals surface area contributed by atoms with Crippen LogP contribution in [0.25, 0.3) is 0 Å². The number of fused-ring (bicyclic) bond motifs is 1. The zero-order chi connectivity index (χ0) is 13.3. The number of anilines is 1. The minimum atomic E-state index is -0.687. The number of ether oxygens (including phenoxy) is 2. The number of Topliss-reactive ketones (excluding diaryl/α,β-unsaturated/α-hetero) is 1. The molecule has 1 heterocycles. The number of methoxy groups -OCH3 is 2. The van der Waals surface area contributed by atoms with Gasteiger partial charge in [0, 0.05) is 6.42 Å². The Kier molecular flexibility index (Phi) is 3.33. The summed E-state index contributed by atoms with van der Waals surface area (Å²) < 4.78 is 9.15. The van der Waals surface area contributed by atoms with Crippen LogP contribution in [0.15, 0.2) is 0 Å². The van der Waals surface area contributed by atoms with Gasteiger partial charge in [-0.2, -0.15) is 0 Å². The van der Waals surface area contributed by atoms with Gasteiger partial charge in [0.05, 0.1) is 24.7 Å². The normalized spacial score (nSPS) is 13.1. The lowest BCUT2D eigenvalue weighted by Crippen LogP contribution is -2.13. The zero-order valence-electron chi connectivity index (χ0n) is 9.86. The van der Waals surface area contributed by atoms with E-state index < -0.39 is 12.1 Å². The van der Waals surface area contributed by atoms with Gasteiger partial charge in [-0.25, -0.2) is 9.59 Å². The van der Waals surface area contributed by atoms with E-state index in [1.165, 1.54) is 14.2 Å². The van der Waals surface area contributed by atoms with Crippen molar-refractivity contribution in [2.24, 2.45) is 0 Å². The maximum Gasteiger partial charge on any atom is 0.411 e. The van der Waals surface area contributed by atoms with Crippen LogP contribution < -0.4 is 5.32 Å². The Hall–Kier alpha value is -1.89. The summed E-state index contributed by atoms with van der Waals surface area (Å²) in [6, 6.07) is 0. The van der Waals surface area contributed by atoms with E-state index in [4.69, 9.17) is 0 Å². The maximum atomic E-state index is 11.7. The molecule has 0 fully saturated rings. The molecule has 1 aromatic heterocycles. The summed E-state index contributed by atoms with van der Waals surface area (Å²) in [6.45, 7) is 0. The maximum absolute atomic E-state index is 11.7. The van der Waals surface area contributed by atoms with Crippen LogP contribution >= 0.6 is 11.3 Å². The summed E-state index contributed by atoms with van der Waals surface area (Å²) in [5.41, 5.74) is 0.914. The predicted octanol–water partition coefficient (Wildman–Crippen LogP) is 1.84. The molecule has 96 valence electrons. The SMILES string of the molecule is COC(=O)Nc1sc2c(c1C(=O)OC)CCC2=O. The summed E-state index contributed by atoms with van der Waals surface area (Å²) in [7, 11) is 2.48. The van der Waals surface area contributed by atoms with Crippen molar-refractivity contribution in [1.29, 1.82) is 0 Å². The van der Waals surface area contributed by atoms with Crippen LogP contribution in [0.1, 0.15) is 32.0 Å². The molecule has 1 N–H and O–H groups in total. The Bertz CT molecular complexity index is 534. The minimum absolute atomic E-state index is 0.0157. The molecule has 0 saturated heterocycles. The number of hydrogen-bond donors (Lipinski definition) is 1. The largest absolute Gasteiger partial charge is 0.465 e. The second kappa shape index (κ2) is 4.77. The van der Waals surface area contributed by atoms with Crippen LogP contribution in [0.2, 0.25) is 0 Å². The lowest BCUT2D eigenvalue weighted by molar-refractivity contribution is 0.0601. The molecule has 0 bridgehead atoms. The summed E-state index contributed by atoms with van der Waals surface area (Å²) in [6.07, 6.45) is 0.203. The average Bonchev–Trinajstić information content (AvgIpc) is 2.88. The Morgan fingerprint density at radius 1 is 1.22 bits per heavy atom. The van der Waals surface area contributed by atoms with Gasteiger partial charge in [0.2, 0.25) is 0 Å². The zero-order valence-corrected chi connectivity index (χ0v) is 10.7. The van der Waals surface area contributed by atoms with E-state index in [-0.39, 0.29) is 11.3 Å². The molecule has 0 spiro atoms. The molecule has 1 aliphatic carbocycles. The molecule has 7 heteroatoms. The third-order valence-electron chi connectivity index (χ3n) is 2.65. The van der Waals surface area contributed by atoms with Crippen molar-refractivity contribution in [3.05, 3.63) is 16.0 Å². The lowest BCUT2D eigenvalue weighted by Gasteiger charge is -2.05. The van der Waals surface area contributed by atoms with Gasteiger partial charge < -0.3 is 9.47 Å². The second-order valence-electron chi connectivity index (χ2n) is 3.65. The van der Waals surface area contributed by atoms with E-state index in [0.717, 1.165) is 11.3 Å². The number of carbonyl (C=O) groups is 3. The van der Waals surface area contributed by atoms with Crippen molar-refractivity contribution >= 4 is 34.2 Å². The number of ketones is 1. The van der Waals surface area contributed by atoms with Gasteiger partial charge in [-0.15, -0.1) is 11.3 Å². The van der Waals surface area contributed by atoms with Crippen LogP contribution in [0.4, 0.5) is 9.80 Å². The highest BCUT2D eigenvalue weighted by Gasteiger charge is 2.32. The van der Waals surface area contributed by atoms with Crippen LogP contribution in [0, 0.1) is 0 Å². The molecule has 0 aromatic carbocycles. The Balaban J connectivity index is 2.46. The summed E-state index contributed by atoms with van der Waals surface area (Å²) in [5, 5.41) is 2.73. The molecule has 1 aromatic rings. The lowest BCUT2D eigenvalue weighted by atomic mass is 10.1. The number of thiophene rings is 1. The first kappa shape index (κ1) is 12.6. The van der Waals surface area contributed by atoms with E-state index in [2.05, 4.69) is 14.8 Å². The fourth-order valence-corrected chi connectivity index (χ4v) is 3.02. The highest BCUT2D eigenvalue weighted by molar-refractivity contribution is 7.19. The predicted molar refractivity (Wildman–Crippen MR) is 64.3 cm³/mol. The summed E-state index contributed by atoms with van der Waals surface area (Å²) in [5.74, 6) is -0.577. The van der Waals surface area contributed by atoms with Crippen molar-refractivity contribution in [1.82, 2.24) is 0 Å². The first-order valence-corrected chi connectivity index (χ1v) is 6.02. The molecule has 0 aliphatic heterocycles. The number of esters is 1. The highest BCUT2D eigenvalue weighted by atomic mass is 32.1. The van der Waals surface area contributed by atoms with Crippen molar-refractivity contribution < 1.29 is 23.9 Å². The standard InChI is InChI=1S/C11H11NO5S/c1-16-10(14)7-5-3-4-6(13)8(5)18-9(7)12-11(15)17-2/h3-4H2,1-2H3,(H,12,15). The first-order valence-electron chi connectivity index (χ1n) is 5.20. The smallest absolute Gasteiger partial charge is 0.411 e. The van der Waals surface area contributed by atoms with Gasteiger partial charge in [0.1, 0.15) is 5.00 Å². The minimum Gasteiger partial charge on any atom is -0.465 e. The molecule has 1 amide bonds. The van der Waals surface area contributed by atoms with Gasteiger partial charge in [-0.3, -0.25) is 10.1 Å². The van der Waals surface area contributed by atoms with E-state index in [1.807, 2.05) is 0 Å². The van der Waals surface area contributed by atoms with Gasteiger partial charge in [-0.1, -0.05) is 0 Å². The number of hydrogen-bond acceptors (Lipinski definition) is 6. The highest BCUT2D eigenvalue weighted by Crippen LogP contribution is 2.39. The van der Waals surface area contributed by atoms with E-state index in [1.54, 1.807) is 0 Å². The van der Waals surface area contributed by atoms with Crippen molar-refractivity contribution in [3.63, 3.8) is 0 Å². The van der Waals surface area contributed by atoms with Gasteiger partial charge in [0.15, 0.2) is 5.78 Å². The van der Waals surface area contributed by atoms with Crippen molar-refractivity contribution in [2.75, 3.05) is 19.5 Å². The summed E-state index contributed by atoms with van der Waals surface area (Å²) in [4.78, 5) is 35.0. The molecule has 6 nitrogen and oxygen atoms in total. The topological polar surface area (TPSA) is 81.7 Å². The molecule has 1 aliphatic rings. The Labute approximate surface area is 107 Å². The second-order valence-corrected chi connectivity index (χ2v) is 4.67. The van der Waals surface area contributed by atoms with Gasteiger partial charge >= 0.3 is 12.1 Å².